The zero-order valence-corrected chi connectivity index (χ0v) is 9.47. The second-order valence-electron chi connectivity index (χ2n) is 3.38. The van der Waals surface area contributed by atoms with Gasteiger partial charge in [-0.25, -0.2) is 4.79 Å². The molecule has 0 saturated carbocycles. The predicted molar refractivity (Wildman–Crippen MR) is 60.5 cm³/mol. The van der Waals surface area contributed by atoms with Crippen LogP contribution in [0.2, 0.25) is 0 Å². The minimum absolute atomic E-state index is 0.192. The third kappa shape index (κ3) is 4.40. The number of nitrogen functional groups attached to an aromatic ring is 1. The van der Waals surface area contributed by atoms with Gasteiger partial charge in [0, 0.05) is 5.69 Å². The van der Waals surface area contributed by atoms with Crippen LogP contribution in [0.4, 0.5) is 29.3 Å². The van der Waals surface area contributed by atoms with Crippen molar-refractivity contribution < 1.29 is 22.7 Å². The highest BCUT2D eigenvalue weighted by Crippen LogP contribution is 2.26. The van der Waals surface area contributed by atoms with E-state index in [2.05, 4.69) is 5.32 Å². The summed E-state index contributed by atoms with van der Waals surface area (Å²) in [5.41, 5.74) is 6.03. The number of hydrogen-bond acceptors (Lipinski definition) is 3. The maximum Gasteiger partial charge on any atom is 0.405 e. The zero-order chi connectivity index (χ0) is 13.8. The SMILES string of the molecule is COc1ccc(N)cc1NC(=O)NCC(F)(F)F. The zero-order valence-electron chi connectivity index (χ0n) is 9.47. The molecule has 1 rings (SSSR count). The summed E-state index contributed by atoms with van der Waals surface area (Å²) in [5.74, 6) is 0.298. The quantitative estimate of drug-likeness (QED) is 0.729. The molecule has 0 aliphatic carbocycles. The van der Waals surface area contributed by atoms with Gasteiger partial charge in [-0.2, -0.15) is 13.2 Å². The number of methoxy groups -OCH3 is 1. The summed E-state index contributed by atoms with van der Waals surface area (Å²) < 4.78 is 40.6. The van der Waals surface area contributed by atoms with Crippen molar-refractivity contribution in [1.82, 2.24) is 5.32 Å². The third-order valence-electron chi connectivity index (χ3n) is 1.92. The number of nitrogens with two attached hydrogens (primary N) is 1. The molecular weight excluding hydrogens is 251 g/mol. The first kappa shape index (κ1) is 13.9. The summed E-state index contributed by atoms with van der Waals surface area (Å²) in [7, 11) is 1.37. The van der Waals surface area contributed by atoms with Crippen LogP contribution in [-0.2, 0) is 0 Å². The van der Waals surface area contributed by atoms with Gasteiger partial charge in [-0.15, -0.1) is 0 Å². The predicted octanol–water partition coefficient (Wildman–Crippen LogP) is 1.96. The molecule has 1 aromatic carbocycles. The van der Waals surface area contributed by atoms with Crippen LogP contribution in [-0.4, -0.2) is 25.9 Å². The molecule has 2 amide bonds. The summed E-state index contributed by atoms with van der Waals surface area (Å²) >= 11 is 0. The number of benzene rings is 1. The van der Waals surface area contributed by atoms with Crippen LogP contribution in [0.25, 0.3) is 0 Å². The fourth-order valence-corrected chi connectivity index (χ4v) is 1.17. The minimum atomic E-state index is -4.46. The summed E-state index contributed by atoms with van der Waals surface area (Å²) in [6, 6.07) is 3.43. The van der Waals surface area contributed by atoms with Crippen LogP contribution < -0.4 is 21.1 Å². The maximum atomic E-state index is 11.9. The van der Waals surface area contributed by atoms with Gasteiger partial charge in [-0.05, 0) is 18.2 Å². The summed E-state index contributed by atoms with van der Waals surface area (Å²) in [4.78, 5) is 11.2. The number of carbonyl (C=O) groups is 1. The number of ether oxygens (including phenoxy) is 1. The highest BCUT2D eigenvalue weighted by molar-refractivity contribution is 5.91. The number of nitrogens with one attached hydrogen (secondary N) is 2. The van der Waals surface area contributed by atoms with Gasteiger partial charge in [0.25, 0.3) is 0 Å². The monoisotopic (exact) mass is 263 g/mol. The van der Waals surface area contributed by atoms with Crippen LogP contribution in [0, 0.1) is 0 Å². The molecule has 0 fully saturated rings. The van der Waals surface area contributed by atoms with Crippen LogP contribution in [0.15, 0.2) is 18.2 Å². The lowest BCUT2D eigenvalue weighted by Gasteiger charge is -2.12. The molecule has 100 valence electrons. The van der Waals surface area contributed by atoms with E-state index in [0.717, 1.165) is 0 Å². The first-order valence-electron chi connectivity index (χ1n) is 4.87. The Labute approximate surface area is 101 Å². The summed E-state index contributed by atoms with van der Waals surface area (Å²) in [6.45, 7) is -1.41. The van der Waals surface area contributed by atoms with E-state index in [4.69, 9.17) is 10.5 Å². The first-order chi connectivity index (χ1) is 8.31. The van der Waals surface area contributed by atoms with Crippen molar-refractivity contribution in [3.63, 3.8) is 0 Å². The number of rotatable bonds is 3. The number of hydrogen-bond donors (Lipinski definition) is 3. The van der Waals surface area contributed by atoms with Gasteiger partial charge in [0.1, 0.15) is 12.3 Å². The molecule has 0 heterocycles. The maximum absolute atomic E-state index is 11.9. The topological polar surface area (TPSA) is 76.4 Å². The largest absolute Gasteiger partial charge is 0.495 e. The fourth-order valence-electron chi connectivity index (χ4n) is 1.17. The van der Waals surface area contributed by atoms with Gasteiger partial charge in [-0.1, -0.05) is 0 Å². The number of halogens is 3. The Kier molecular flexibility index (Phi) is 4.24. The van der Waals surface area contributed by atoms with Gasteiger partial charge in [-0.3, -0.25) is 0 Å². The fraction of sp³-hybridized carbons (Fsp3) is 0.300. The van der Waals surface area contributed by atoms with Gasteiger partial charge in [0.2, 0.25) is 0 Å². The van der Waals surface area contributed by atoms with Crippen molar-refractivity contribution in [2.45, 2.75) is 6.18 Å². The van der Waals surface area contributed by atoms with E-state index in [1.54, 1.807) is 5.32 Å². The van der Waals surface area contributed by atoms with Crippen LogP contribution in [0.1, 0.15) is 0 Å². The van der Waals surface area contributed by atoms with Crippen LogP contribution in [0.3, 0.4) is 0 Å². The van der Waals surface area contributed by atoms with E-state index in [9.17, 15) is 18.0 Å². The van der Waals surface area contributed by atoms with Crippen LogP contribution in [0.5, 0.6) is 5.75 Å². The highest BCUT2D eigenvalue weighted by atomic mass is 19.4. The van der Waals surface area contributed by atoms with Crippen molar-refractivity contribution in [2.75, 3.05) is 24.7 Å². The molecule has 1 aromatic rings. The molecule has 0 saturated heterocycles. The summed E-state index contributed by atoms with van der Waals surface area (Å²) in [6.07, 6.45) is -4.46. The van der Waals surface area contributed by atoms with E-state index in [-0.39, 0.29) is 5.69 Å². The molecule has 0 bridgehead atoms. The number of anilines is 2. The smallest absolute Gasteiger partial charge is 0.405 e. The number of urea groups is 1. The second kappa shape index (κ2) is 5.48. The summed E-state index contributed by atoms with van der Waals surface area (Å²) in [5, 5.41) is 3.89. The van der Waals surface area contributed by atoms with Gasteiger partial charge in [0.05, 0.1) is 12.8 Å². The van der Waals surface area contributed by atoms with Crippen molar-refractivity contribution in [1.29, 1.82) is 0 Å². The average Bonchev–Trinajstić information content (AvgIpc) is 2.26. The Morgan fingerprint density at radius 3 is 2.67 bits per heavy atom. The Balaban J connectivity index is 2.66. The second-order valence-corrected chi connectivity index (χ2v) is 3.38. The first-order valence-corrected chi connectivity index (χ1v) is 4.87. The highest BCUT2D eigenvalue weighted by Gasteiger charge is 2.27. The van der Waals surface area contributed by atoms with Crippen molar-refractivity contribution in [2.24, 2.45) is 0 Å². The molecule has 5 nitrogen and oxygen atoms in total. The molecule has 0 radical (unpaired) electrons. The Morgan fingerprint density at radius 2 is 2.11 bits per heavy atom. The standard InChI is InChI=1S/C10H12F3N3O2/c1-18-8-3-2-6(14)4-7(8)16-9(17)15-5-10(11,12)13/h2-4H,5,14H2,1H3,(H2,15,16,17). The molecular formula is C10H12F3N3O2. The lowest BCUT2D eigenvalue weighted by atomic mass is 10.2. The van der Waals surface area contributed by atoms with E-state index in [1.165, 1.54) is 25.3 Å². The van der Waals surface area contributed by atoms with Crippen molar-refractivity contribution >= 4 is 17.4 Å². The van der Waals surface area contributed by atoms with Crippen molar-refractivity contribution in [3.8, 4) is 5.75 Å². The molecule has 0 aromatic heterocycles. The Morgan fingerprint density at radius 1 is 1.44 bits per heavy atom. The van der Waals surface area contributed by atoms with E-state index < -0.39 is 18.8 Å². The Bertz CT molecular complexity index is 435. The molecule has 0 unspecified atom stereocenters. The number of carbonyl (C=O) groups excluding carboxylic acids is 1. The third-order valence-corrected chi connectivity index (χ3v) is 1.92. The normalized spacial score (nSPS) is 10.9. The van der Waals surface area contributed by atoms with Gasteiger partial charge in [0.15, 0.2) is 0 Å². The number of alkyl halides is 3. The Hall–Kier alpha value is -2.12. The van der Waals surface area contributed by atoms with E-state index >= 15 is 0 Å². The molecule has 18 heavy (non-hydrogen) atoms. The van der Waals surface area contributed by atoms with E-state index in [0.29, 0.717) is 11.4 Å². The molecule has 0 aliphatic heterocycles. The molecule has 8 heteroatoms. The van der Waals surface area contributed by atoms with Crippen LogP contribution >= 0.6 is 0 Å². The van der Waals surface area contributed by atoms with Crippen molar-refractivity contribution in [3.05, 3.63) is 18.2 Å². The van der Waals surface area contributed by atoms with Gasteiger partial charge < -0.3 is 21.1 Å². The molecule has 0 atom stereocenters. The molecule has 4 N–H and O–H groups in total. The van der Waals surface area contributed by atoms with E-state index in [1.807, 2.05) is 0 Å². The number of amides is 2. The molecule has 0 spiro atoms. The lowest BCUT2D eigenvalue weighted by molar-refractivity contribution is -0.122. The van der Waals surface area contributed by atoms with Gasteiger partial charge >= 0.3 is 12.2 Å². The minimum Gasteiger partial charge on any atom is -0.495 e. The lowest BCUT2D eigenvalue weighted by Crippen LogP contribution is -2.36. The average molecular weight is 263 g/mol. The molecule has 0 aliphatic rings.